The molecular weight excluding hydrogens is 396 g/mol. The Hall–Kier alpha value is -3.08. The average Bonchev–Trinajstić information content (AvgIpc) is 2.89. The number of benzene rings is 2. The van der Waals surface area contributed by atoms with Crippen LogP contribution < -0.4 is 16.0 Å². The minimum absolute atomic E-state index is 0.0513. The number of terminal acetylenes is 1. The first-order valence-electron chi connectivity index (χ1n) is 9.93. The molecule has 154 valence electrons. The molecule has 3 aromatic rings. The summed E-state index contributed by atoms with van der Waals surface area (Å²) >= 11 is 0. The van der Waals surface area contributed by atoms with Crippen LogP contribution in [0.4, 0.5) is 11.5 Å². The van der Waals surface area contributed by atoms with Gasteiger partial charge >= 0.3 is 0 Å². The predicted octanol–water partition coefficient (Wildman–Crippen LogP) is 2.77. The van der Waals surface area contributed by atoms with E-state index in [1.54, 1.807) is 12.1 Å². The van der Waals surface area contributed by atoms with Crippen LogP contribution in [0.3, 0.4) is 0 Å². The quantitative estimate of drug-likeness (QED) is 0.487. The molecule has 7 heteroatoms. The van der Waals surface area contributed by atoms with E-state index >= 15 is 0 Å². The summed E-state index contributed by atoms with van der Waals surface area (Å²) in [6, 6.07) is 14.9. The van der Waals surface area contributed by atoms with Crippen LogP contribution >= 0.6 is 0 Å². The standard InChI is InChI=1S/C23H24N4O2S/c1-2-17-8-9-20-19(14-17)21(25-11-5-10-24)15-23(26-20)27-12-13-30(28,29)22-7-4-3-6-18(22)16-27/h1,3-4,6-9,14-15H,5,10-13,16,24H2,(H,25,26). The normalized spacial score (nSPS) is 15.3. The van der Waals surface area contributed by atoms with Gasteiger partial charge in [0.05, 0.1) is 16.2 Å². The first-order chi connectivity index (χ1) is 14.5. The number of nitrogens with two attached hydrogens (primary N) is 1. The molecule has 1 aliphatic heterocycles. The third-order valence-corrected chi connectivity index (χ3v) is 7.07. The minimum Gasteiger partial charge on any atom is -0.384 e. The summed E-state index contributed by atoms with van der Waals surface area (Å²) in [4.78, 5) is 7.25. The maximum absolute atomic E-state index is 12.7. The van der Waals surface area contributed by atoms with E-state index in [-0.39, 0.29) is 5.75 Å². The van der Waals surface area contributed by atoms with Crippen LogP contribution in [-0.2, 0) is 16.4 Å². The fourth-order valence-electron chi connectivity index (χ4n) is 3.69. The Morgan fingerprint density at radius 1 is 1.20 bits per heavy atom. The van der Waals surface area contributed by atoms with E-state index in [1.807, 2.05) is 41.3 Å². The number of aromatic nitrogens is 1. The van der Waals surface area contributed by atoms with Crippen molar-refractivity contribution >= 4 is 32.2 Å². The maximum atomic E-state index is 12.7. The summed E-state index contributed by atoms with van der Waals surface area (Å²) in [7, 11) is -3.32. The summed E-state index contributed by atoms with van der Waals surface area (Å²) in [6.07, 6.45) is 6.41. The molecule has 0 amide bonds. The highest BCUT2D eigenvalue weighted by Crippen LogP contribution is 2.31. The SMILES string of the molecule is C#Cc1ccc2nc(N3CCS(=O)(=O)c4ccccc4C3)cc(NCCCN)c2c1. The van der Waals surface area contributed by atoms with E-state index < -0.39 is 9.84 Å². The highest BCUT2D eigenvalue weighted by atomic mass is 32.2. The Kier molecular flexibility index (Phi) is 5.62. The van der Waals surface area contributed by atoms with Crippen molar-refractivity contribution in [3.05, 3.63) is 59.7 Å². The Morgan fingerprint density at radius 3 is 2.83 bits per heavy atom. The monoisotopic (exact) mass is 420 g/mol. The smallest absolute Gasteiger partial charge is 0.180 e. The maximum Gasteiger partial charge on any atom is 0.180 e. The molecular formula is C23H24N4O2S. The number of pyridine rings is 1. The lowest BCUT2D eigenvalue weighted by Gasteiger charge is -2.23. The van der Waals surface area contributed by atoms with Gasteiger partial charge in [0.25, 0.3) is 0 Å². The largest absolute Gasteiger partial charge is 0.384 e. The molecule has 0 aliphatic carbocycles. The second kappa shape index (κ2) is 8.34. The molecule has 1 aromatic heterocycles. The first-order valence-corrected chi connectivity index (χ1v) is 11.6. The van der Waals surface area contributed by atoms with E-state index in [0.29, 0.717) is 24.5 Å². The third-order valence-electron chi connectivity index (χ3n) is 5.28. The zero-order chi connectivity index (χ0) is 21.1. The fraction of sp³-hybridized carbons (Fsp3) is 0.261. The van der Waals surface area contributed by atoms with Crippen molar-refractivity contribution in [2.24, 2.45) is 5.73 Å². The van der Waals surface area contributed by atoms with Crippen molar-refractivity contribution in [1.29, 1.82) is 0 Å². The van der Waals surface area contributed by atoms with Gasteiger partial charge in [0.15, 0.2) is 9.84 Å². The van der Waals surface area contributed by atoms with Crippen LogP contribution in [0.5, 0.6) is 0 Å². The lowest BCUT2D eigenvalue weighted by molar-refractivity contribution is 0.596. The van der Waals surface area contributed by atoms with Crippen molar-refractivity contribution in [3.8, 4) is 12.3 Å². The van der Waals surface area contributed by atoms with Crippen LogP contribution in [0.15, 0.2) is 53.4 Å². The summed E-state index contributed by atoms with van der Waals surface area (Å²) in [5.74, 6) is 3.45. The summed E-state index contributed by atoms with van der Waals surface area (Å²) in [6.45, 7) is 2.19. The van der Waals surface area contributed by atoms with Crippen LogP contribution in [0.1, 0.15) is 17.5 Å². The topological polar surface area (TPSA) is 88.3 Å². The molecule has 2 heterocycles. The van der Waals surface area contributed by atoms with Crippen molar-refractivity contribution in [1.82, 2.24) is 4.98 Å². The number of nitrogens with one attached hydrogen (secondary N) is 1. The highest BCUT2D eigenvalue weighted by Gasteiger charge is 2.26. The van der Waals surface area contributed by atoms with Gasteiger partial charge in [-0.2, -0.15) is 0 Å². The van der Waals surface area contributed by atoms with Crippen molar-refractivity contribution in [2.45, 2.75) is 17.9 Å². The molecule has 2 aromatic carbocycles. The first kappa shape index (κ1) is 20.2. The molecule has 0 spiro atoms. The molecule has 3 N–H and O–H groups in total. The van der Waals surface area contributed by atoms with Gasteiger partial charge in [-0.3, -0.25) is 0 Å². The summed E-state index contributed by atoms with van der Waals surface area (Å²) in [5, 5.41) is 4.38. The number of rotatable bonds is 5. The Labute approximate surface area is 177 Å². The van der Waals surface area contributed by atoms with Gasteiger partial charge in [-0.15, -0.1) is 6.42 Å². The van der Waals surface area contributed by atoms with E-state index in [4.69, 9.17) is 17.1 Å². The van der Waals surface area contributed by atoms with Crippen LogP contribution in [0.2, 0.25) is 0 Å². The van der Waals surface area contributed by atoms with Crippen molar-refractivity contribution in [3.63, 3.8) is 0 Å². The molecule has 30 heavy (non-hydrogen) atoms. The van der Waals surface area contributed by atoms with Crippen molar-refractivity contribution < 1.29 is 8.42 Å². The van der Waals surface area contributed by atoms with Gasteiger partial charge < -0.3 is 16.0 Å². The van der Waals surface area contributed by atoms with Gasteiger partial charge in [0.1, 0.15) is 5.82 Å². The molecule has 0 unspecified atom stereocenters. The average molecular weight is 421 g/mol. The van der Waals surface area contributed by atoms with E-state index in [9.17, 15) is 8.42 Å². The van der Waals surface area contributed by atoms with Gasteiger partial charge in [0, 0.05) is 42.3 Å². The molecule has 0 saturated carbocycles. The van der Waals surface area contributed by atoms with Crippen LogP contribution in [0.25, 0.3) is 10.9 Å². The third kappa shape index (κ3) is 3.97. The summed E-state index contributed by atoms with van der Waals surface area (Å²) < 4.78 is 25.4. The predicted molar refractivity (Wildman–Crippen MR) is 121 cm³/mol. The molecule has 0 bridgehead atoms. The number of hydrogen-bond acceptors (Lipinski definition) is 6. The number of fused-ring (bicyclic) bond motifs is 2. The molecule has 0 fully saturated rings. The second-order valence-electron chi connectivity index (χ2n) is 7.32. The van der Waals surface area contributed by atoms with Gasteiger partial charge in [-0.1, -0.05) is 24.1 Å². The zero-order valence-corrected chi connectivity index (χ0v) is 17.5. The van der Waals surface area contributed by atoms with Gasteiger partial charge in [0.2, 0.25) is 0 Å². The molecule has 0 atom stereocenters. The van der Waals surface area contributed by atoms with Gasteiger partial charge in [-0.25, -0.2) is 13.4 Å². The lowest BCUT2D eigenvalue weighted by atomic mass is 10.1. The number of hydrogen-bond donors (Lipinski definition) is 2. The fourth-order valence-corrected chi connectivity index (χ4v) is 5.19. The Morgan fingerprint density at radius 2 is 2.03 bits per heavy atom. The number of sulfone groups is 1. The molecule has 6 nitrogen and oxygen atoms in total. The Balaban J connectivity index is 1.78. The van der Waals surface area contributed by atoms with Crippen LogP contribution in [-0.4, -0.2) is 38.8 Å². The molecule has 4 rings (SSSR count). The second-order valence-corrected chi connectivity index (χ2v) is 9.40. The minimum atomic E-state index is -3.32. The lowest BCUT2D eigenvalue weighted by Crippen LogP contribution is -2.26. The number of anilines is 2. The van der Waals surface area contributed by atoms with E-state index in [2.05, 4.69) is 11.2 Å². The molecule has 0 saturated heterocycles. The van der Waals surface area contributed by atoms with Crippen molar-refractivity contribution in [2.75, 3.05) is 35.6 Å². The molecule has 0 radical (unpaired) electrons. The number of nitrogens with zero attached hydrogens (tertiary/aromatic N) is 2. The van der Waals surface area contributed by atoms with Crippen LogP contribution in [0, 0.1) is 12.3 Å². The van der Waals surface area contributed by atoms with E-state index in [1.165, 1.54) is 0 Å². The highest BCUT2D eigenvalue weighted by molar-refractivity contribution is 7.91. The van der Waals surface area contributed by atoms with Gasteiger partial charge in [-0.05, 0) is 42.8 Å². The van der Waals surface area contributed by atoms with E-state index in [0.717, 1.165) is 46.5 Å². The Bertz CT molecular complexity index is 1230. The zero-order valence-electron chi connectivity index (χ0n) is 16.6. The molecule has 1 aliphatic rings. The summed E-state index contributed by atoms with van der Waals surface area (Å²) in [5.41, 5.74) is 8.94.